The summed E-state index contributed by atoms with van der Waals surface area (Å²) >= 11 is 0. The van der Waals surface area contributed by atoms with E-state index in [1.54, 1.807) is 0 Å². The number of hydrogen-bond acceptors (Lipinski definition) is 1. The summed E-state index contributed by atoms with van der Waals surface area (Å²) in [6.45, 7) is 7.34. The fourth-order valence-electron chi connectivity index (χ4n) is 3.32. The summed E-state index contributed by atoms with van der Waals surface area (Å²) in [6, 6.07) is 27.7. The second-order valence-corrected chi connectivity index (χ2v) is 9.87. The normalized spacial score (nSPS) is 11.5. The molecule has 0 saturated carbocycles. The molecule has 0 unspecified atom stereocenters. The summed E-state index contributed by atoms with van der Waals surface area (Å²) in [5.41, 5.74) is 3.84. The highest BCUT2D eigenvalue weighted by molar-refractivity contribution is 6.97. The van der Waals surface area contributed by atoms with Crippen molar-refractivity contribution in [2.24, 2.45) is 0 Å². The van der Waals surface area contributed by atoms with Crippen molar-refractivity contribution in [2.45, 2.75) is 27.0 Å². The lowest BCUT2D eigenvalue weighted by Crippen LogP contribution is -2.59. The SMILES string of the molecule is Cc1ccccc1[Si](C)(OCc1ccccc1)c1ccccc1C. The number of benzene rings is 3. The molecule has 0 fully saturated rings. The fourth-order valence-corrected chi connectivity index (χ4v) is 6.88. The first-order valence-corrected chi connectivity index (χ1v) is 10.8. The molecule has 0 N–H and O–H groups in total. The smallest absolute Gasteiger partial charge is 0.253 e. The first kappa shape index (κ1) is 16.7. The van der Waals surface area contributed by atoms with E-state index in [1.165, 1.54) is 27.1 Å². The van der Waals surface area contributed by atoms with Gasteiger partial charge >= 0.3 is 0 Å². The van der Waals surface area contributed by atoms with Crippen LogP contribution in [0.25, 0.3) is 0 Å². The number of hydrogen-bond donors (Lipinski definition) is 0. The highest BCUT2D eigenvalue weighted by Crippen LogP contribution is 2.15. The van der Waals surface area contributed by atoms with Gasteiger partial charge in [0.1, 0.15) is 0 Å². The zero-order valence-corrected chi connectivity index (χ0v) is 15.6. The Morgan fingerprint density at radius 3 is 1.62 bits per heavy atom. The van der Waals surface area contributed by atoms with E-state index in [-0.39, 0.29) is 0 Å². The molecular weight excluding hydrogens is 308 g/mol. The molecule has 122 valence electrons. The second-order valence-electron chi connectivity index (χ2n) is 6.44. The Morgan fingerprint density at radius 2 is 1.12 bits per heavy atom. The van der Waals surface area contributed by atoms with Gasteiger partial charge in [0, 0.05) is 0 Å². The summed E-state index contributed by atoms with van der Waals surface area (Å²) in [5.74, 6) is 0. The van der Waals surface area contributed by atoms with Crippen LogP contribution in [0.3, 0.4) is 0 Å². The Kier molecular flexibility index (Phi) is 4.98. The molecule has 2 heteroatoms. The molecule has 0 aliphatic carbocycles. The molecule has 3 aromatic rings. The van der Waals surface area contributed by atoms with Gasteiger partial charge in [0.15, 0.2) is 0 Å². The van der Waals surface area contributed by atoms with E-state index in [4.69, 9.17) is 4.43 Å². The maximum absolute atomic E-state index is 6.69. The van der Waals surface area contributed by atoms with Gasteiger partial charge in [-0.15, -0.1) is 0 Å². The Morgan fingerprint density at radius 1 is 0.667 bits per heavy atom. The minimum atomic E-state index is -2.27. The third-order valence-electron chi connectivity index (χ3n) is 4.69. The van der Waals surface area contributed by atoms with Crippen LogP contribution in [0.4, 0.5) is 0 Å². The van der Waals surface area contributed by atoms with Crippen molar-refractivity contribution in [3.05, 3.63) is 95.6 Å². The van der Waals surface area contributed by atoms with E-state index in [2.05, 4.69) is 93.2 Å². The molecule has 0 saturated heterocycles. The average molecular weight is 333 g/mol. The molecule has 0 amide bonds. The van der Waals surface area contributed by atoms with Crippen LogP contribution in [0.1, 0.15) is 16.7 Å². The third-order valence-corrected chi connectivity index (χ3v) is 8.59. The third kappa shape index (κ3) is 3.35. The lowest BCUT2D eigenvalue weighted by atomic mass is 10.2. The fraction of sp³-hybridized carbons (Fsp3) is 0.182. The Labute approximate surface area is 146 Å². The van der Waals surface area contributed by atoms with E-state index in [9.17, 15) is 0 Å². The van der Waals surface area contributed by atoms with Gasteiger partial charge in [0.2, 0.25) is 0 Å². The predicted molar refractivity (Wildman–Crippen MR) is 104 cm³/mol. The van der Waals surface area contributed by atoms with Gasteiger partial charge in [-0.25, -0.2) is 0 Å². The molecule has 1 nitrogen and oxygen atoms in total. The van der Waals surface area contributed by atoms with Crippen molar-refractivity contribution in [2.75, 3.05) is 0 Å². The summed E-state index contributed by atoms with van der Waals surface area (Å²) in [6.07, 6.45) is 0. The first-order valence-electron chi connectivity index (χ1n) is 8.41. The number of aryl methyl sites for hydroxylation is 2. The van der Waals surface area contributed by atoms with Crippen LogP contribution in [0.15, 0.2) is 78.9 Å². The van der Waals surface area contributed by atoms with Crippen molar-refractivity contribution in [3.63, 3.8) is 0 Å². The van der Waals surface area contributed by atoms with Crippen molar-refractivity contribution in [1.82, 2.24) is 0 Å². The zero-order chi connectivity index (χ0) is 17.0. The molecule has 0 aliphatic heterocycles. The molecule has 3 aromatic carbocycles. The van der Waals surface area contributed by atoms with Gasteiger partial charge in [-0.05, 0) is 47.5 Å². The van der Waals surface area contributed by atoms with Crippen LogP contribution in [0.5, 0.6) is 0 Å². The maximum atomic E-state index is 6.69. The molecule has 0 atom stereocenters. The van der Waals surface area contributed by atoms with Crippen molar-refractivity contribution >= 4 is 18.7 Å². The van der Waals surface area contributed by atoms with E-state index in [0.717, 1.165) is 0 Å². The second kappa shape index (κ2) is 7.16. The van der Waals surface area contributed by atoms with Gasteiger partial charge in [-0.2, -0.15) is 0 Å². The topological polar surface area (TPSA) is 9.23 Å². The zero-order valence-electron chi connectivity index (χ0n) is 14.6. The minimum absolute atomic E-state index is 0.645. The van der Waals surface area contributed by atoms with E-state index >= 15 is 0 Å². The van der Waals surface area contributed by atoms with Gasteiger partial charge in [-0.1, -0.05) is 78.9 Å². The van der Waals surface area contributed by atoms with Crippen LogP contribution in [0.2, 0.25) is 6.55 Å². The van der Waals surface area contributed by atoms with Crippen molar-refractivity contribution in [3.8, 4) is 0 Å². The van der Waals surface area contributed by atoms with Gasteiger partial charge < -0.3 is 4.43 Å². The molecule has 0 aromatic heterocycles. The molecule has 24 heavy (non-hydrogen) atoms. The largest absolute Gasteiger partial charge is 0.404 e. The summed E-state index contributed by atoms with van der Waals surface area (Å²) in [4.78, 5) is 0. The van der Waals surface area contributed by atoms with E-state index < -0.39 is 8.32 Å². The van der Waals surface area contributed by atoms with Crippen LogP contribution in [-0.4, -0.2) is 8.32 Å². The average Bonchev–Trinajstić information content (AvgIpc) is 2.61. The Hall–Kier alpha value is -2.16. The monoisotopic (exact) mass is 332 g/mol. The molecule has 0 bridgehead atoms. The lowest BCUT2D eigenvalue weighted by Gasteiger charge is -2.31. The van der Waals surface area contributed by atoms with Crippen molar-refractivity contribution < 1.29 is 4.43 Å². The van der Waals surface area contributed by atoms with Crippen LogP contribution < -0.4 is 10.4 Å². The van der Waals surface area contributed by atoms with E-state index in [0.29, 0.717) is 6.61 Å². The molecule has 0 radical (unpaired) electrons. The van der Waals surface area contributed by atoms with Crippen LogP contribution >= 0.6 is 0 Å². The van der Waals surface area contributed by atoms with Crippen LogP contribution in [0, 0.1) is 13.8 Å². The summed E-state index contributed by atoms with van der Waals surface area (Å²) in [7, 11) is -2.27. The first-order chi connectivity index (χ1) is 11.6. The highest BCUT2D eigenvalue weighted by Gasteiger charge is 2.36. The highest BCUT2D eigenvalue weighted by atomic mass is 28.4. The van der Waals surface area contributed by atoms with Gasteiger partial charge in [-0.3, -0.25) is 0 Å². The molecule has 0 aliphatic rings. The summed E-state index contributed by atoms with van der Waals surface area (Å²) < 4.78 is 6.69. The molecular formula is C22H24OSi. The number of rotatable bonds is 5. The molecule has 0 spiro atoms. The van der Waals surface area contributed by atoms with Gasteiger partial charge in [0.25, 0.3) is 8.32 Å². The van der Waals surface area contributed by atoms with Crippen LogP contribution in [-0.2, 0) is 11.0 Å². The van der Waals surface area contributed by atoms with E-state index in [1.807, 2.05) is 6.07 Å². The minimum Gasteiger partial charge on any atom is -0.404 e. The molecule has 0 heterocycles. The standard InChI is InChI=1S/C22H24OSi/c1-18-11-7-9-15-21(18)24(3,22-16-10-8-12-19(22)2)23-17-20-13-5-4-6-14-20/h4-16H,17H2,1-3H3. The lowest BCUT2D eigenvalue weighted by molar-refractivity contribution is 0.307. The van der Waals surface area contributed by atoms with Gasteiger partial charge in [0.05, 0.1) is 6.61 Å². The maximum Gasteiger partial charge on any atom is 0.253 e. The quantitative estimate of drug-likeness (QED) is 0.636. The Balaban J connectivity index is 2.04. The summed E-state index contributed by atoms with van der Waals surface area (Å²) in [5, 5.41) is 2.71. The molecule has 3 rings (SSSR count). The van der Waals surface area contributed by atoms with Crippen molar-refractivity contribution in [1.29, 1.82) is 0 Å². The Bertz CT molecular complexity index is 765. The predicted octanol–water partition coefficient (Wildman–Crippen LogP) is 4.21.